The molecule has 0 saturated carbocycles. The van der Waals surface area contributed by atoms with Crippen LogP contribution in [0.1, 0.15) is 17.9 Å². The zero-order valence-electron chi connectivity index (χ0n) is 13.1. The van der Waals surface area contributed by atoms with E-state index in [0.717, 1.165) is 31.1 Å². The number of rotatable bonds is 3. The lowest BCUT2D eigenvalue weighted by molar-refractivity contribution is 0.584. The fourth-order valence-corrected chi connectivity index (χ4v) is 4.78. The number of fused-ring (bicyclic) bond motifs is 1. The highest BCUT2D eigenvalue weighted by molar-refractivity contribution is 7.90. The van der Waals surface area contributed by atoms with Crippen LogP contribution in [-0.2, 0) is 10.0 Å². The van der Waals surface area contributed by atoms with Gasteiger partial charge in [0.15, 0.2) is 0 Å². The van der Waals surface area contributed by atoms with Crippen molar-refractivity contribution in [2.24, 2.45) is 0 Å². The van der Waals surface area contributed by atoms with Crippen molar-refractivity contribution in [3.63, 3.8) is 0 Å². The maximum atomic E-state index is 13.5. The van der Waals surface area contributed by atoms with Gasteiger partial charge in [-0.05, 0) is 43.3 Å². The van der Waals surface area contributed by atoms with Crippen LogP contribution >= 0.6 is 11.6 Å². The van der Waals surface area contributed by atoms with Crippen LogP contribution in [0, 0.1) is 5.82 Å². The molecule has 130 valence electrons. The maximum absolute atomic E-state index is 13.5. The van der Waals surface area contributed by atoms with E-state index in [9.17, 15) is 12.8 Å². The second-order valence-corrected chi connectivity index (χ2v) is 8.24. The molecule has 1 fully saturated rings. The Hall–Kier alpha value is -1.96. The van der Waals surface area contributed by atoms with Crippen molar-refractivity contribution in [1.82, 2.24) is 14.3 Å². The van der Waals surface area contributed by atoms with Crippen LogP contribution < -0.4 is 5.32 Å². The lowest BCUT2D eigenvalue weighted by Crippen LogP contribution is -2.12. The third-order valence-corrected chi connectivity index (χ3v) is 6.34. The van der Waals surface area contributed by atoms with Crippen molar-refractivity contribution in [2.75, 3.05) is 13.1 Å². The molecule has 0 radical (unpaired) electrons. The lowest BCUT2D eigenvalue weighted by atomic mass is 10.0. The number of halogens is 2. The summed E-state index contributed by atoms with van der Waals surface area (Å²) in [6, 6.07) is 8.17. The number of benzene rings is 1. The molecule has 1 N–H and O–H groups in total. The van der Waals surface area contributed by atoms with Gasteiger partial charge in [0.25, 0.3) is 10.0 Å². The van der Waals surface area contributed by atoms with Gasteiger partial charge in [0.2, 0.25) is 0 Å². The Labute approximate surface area is 149 Å². The van der Waals surface area contributed by atoms with Crippen molar-refractivity contribution in [2.45, 2.75) is 17.2 Å². The molecule has 25 heavy (non-hydrogen) atoms. The monoisotopic (exact) mass is 379 g/mol. The highest BCUT2D eigenvalue weighted by Gasteiger charge is 2.27. The predicted octanol–water partition coefficient (Wildman–Crippen LogP) is 3.14. The number of nitrogens with zero attached hydrogens (tertiary/aromatic N) is 2. The van der Waals surface area contributed by atoms with Crippen molar-refractivity contribution in [1.29, 1.82) is 0 Å². The molecule has 0 spiro atoms. The molecule has 3 heterocycles. The van der Waals surface area contributed by atoms with Gasteiger partial charge in [-0.3, -0.25) is 0 Å². The molecule has 2 aromatic heterocycles. The molecular weight excluding hydrogens is 365 g/mol. The van der Waals surface area contributed by atoms with Gasteiger partial charge in [0, 0.05) is 24.2 Å². The first-order valence-electron chi connectivity index (χ1n) is 7.86. The number of pyridine rings is 1. The second kappa shape index (κ2) is 6.09. The van der Waals surface area contributed by atoms with Gasteiger partial charge < -0.3 is 5.32 Å². The molecule has 0 unspecified atom stereocenters. The van der Waals surface area contributed by atoms with E-state index >= 15 is 0 Å². The summed E-state index contributed by atoms with van der Waals surface area (Å²) in [5.74, 6) is -0.434. The molecule has 8 heteroatoms. The first kappa shape index (κ1) is 16.5. The van der Waals surface area contributed by atoms with Gasteiger partial charge in [-0.1, -0.05) is 17.7 Å². The molecule has 0 bridgehead atoms. The van der Waals surface area contributed by atoms with Gasteiger partial charge in [-0.2, -0.15) is 0 Å². The van der Waals surface area contributed by atoms with Crippen LogP contribution in [0.3, 0.4) is 0 Å². The summed E-state index contributed by atoms with van der Waals surface area (Å²) >= 11 is 6.02. The van der Waals surface area contributed by atoms with Crippen molar-refractivity contribution >= 4 is 32.7 Å². The fourth-order valence-electron chi connectivity index (χ4n) is 3.23. The lowest BCUT2D eigenvalue weighted by Gasteiger charge is -2.07. The summed E-state index contributed by atoms with van der Waals surface area (Å²) in [6.07, 6.45) is 2.49. The van der Waals surface area contributed by atoms with Gasteiger partial charge >= 0.3 is 0 Å². The van der Waals surface area contributed by atoms with Gasteiger partial charge in [0.1, 0.15) is 11.0 Å². The Kier molecular flexibility index (Phi) is 4.02. The number of aromatic nitrogens is 2. The molecule has 3 aromatic rings. The standard InChI is InChI=1S/C17H15ClFN3O2S/c18-16-5-4-15-17(21-16)14(11-6-7-20-9-11)10-22(15)25(23,24)13-3-1-2-12(19)8-13/h1-5,8,10-11,20H,6-7,9H2/t11-/m0/s1. The minimum absolute atomic E-state index is 0.101. The molecule has 1 saturated heterocycles. The van der Waals surface area contributed by atoms with Gasteiger partial charge in [-0.25, -0.2) is 21.8 Å². The molecular formula is C17H15ClFN3O2S. The van der Waals surface area contributed by atoms with Crippen LogP contribution in [0.25, 0.3) is 11.0 Å². The molecule has 1 aliphatic rings. The highest BCUT2D eigenvalue weighted by atomic mass is 35.5. The number of hydrogen-bond acceptors (Lipinski definition) is 4. The SMILES string of the molecule is O=S(=O)(c1cccc(F)c1)n1cc([C@H]2CCNC2)c2nc(Cl)ccc21. The third-order valence-electron chi connectivity index (χ3n) is 4.46. The van der Waals surface area contributed by atoms with Crippen molar-refractivity contribution in [3.8, 4) is 0 Å². The van der Waals surface area contributed by atoms with E-state index in [0.29, 0.717) is 16.2 Å². The van der Waals surface area contributed by atoms with E-state index in [1.54, 1.807) is 18.3 Å². The predicted molar refractivity (Wildman–Crippen MR) is 94.0 cm³/mol. The Morgan fingerprint density at radius 3 is 2.84 bits per heavy atom. The average Bonchev–Trinajstić information content (AvgIpc) is 3.21. The molecule has 1 aliphatic heterocycles. The molecule has 0 aliphatic carbocycles. The zero-order chi connectivity index (χ0) is 17.6. The summed E-state index contributed by atoms with van der Waals surface area (Å²) < 4.78 is 40.8. The first-order chi connectivity index (χ1) is 12.0. The van der Waals surface area contributed by atoms with Crippen molar-refractivity contribution in [3.05, 3.63) is 59.1 Å². The summed E-state index contributed by atoms with van der Waals surface area (Å²) in [4.78, 5) is 4.24. The summed E-state index contributed by atoms with van der Waals surface area (Å²) in [7, 11) is -3.94. The molecule has 1 aromatic carbocycles. The summed E-state index contributed by atoms with van der Waals surface area (Å²) in [5, 5.41) is 3.57. The maximum Gasteiger partial charge on any atom is 0.268 e. The van der Waals surface area contributed by atoms with E-state index in [2.05, 4.69) is 10.3 Å². The number of nitrogens with one attached hydrogen (secondary N) is 1. The van der Waals surface area contributed by atoms with E-state index < -0.39 is 15.8 Å². The van der Waals surface area contributed by atoms with E-state index in [1.165, 1.54) is 22.2 Å². The Bertz CT molecular complexity index is 1060. The third kappa shape index (κ3) is 2.82. The fraction of sp³-hybridized carbons (Fsp3) is 0.235. The summed E-state index contributed by atoms with van der Waals surface area (Å²) in [6.45, 7) is 1.63. The first-order valence-corrected chi connectivity index (χ1v) is 9.68. The minimum Gasteiger partial charge on any atom is -0.316 e. The molecule has 0 amide bonds. The van der Waals surface area contributed by atoms with E-state index in [4.69, 9.17) is 11.6 Å². The van der Waals surface area contributed by atoms with Gasteiger partial charge in [0.05, 0.1) is 15.9 Å². The number of hydrogen-bond donors (Lipinski definition) is 1. The van der Waals surface area contributed by atoms with Gasteiger partial charge in [-0.15, -0.1) is 0 Å². The zero-order valence-corrected chi connectivity index (χ0v) is 14.7. The molecule has 4 rings (SSSR count). The Morgan fingerprint density at radius 1 is 1.28 bits per heavy atom. The van der Waals surface area contributed by atoms with Crippen LogP contribution in [0.5, 0.6) is 0 Å². The normalized spacial score (nSPS) is 18.1. The largest absolute Gasteiger partial charge is 0.316 e. The quantitative estimate of drug-likeness (QED) is 0.710. The van der Waals surface area contributed by atoms with Crippen LogP contribution in [0.15, 0.2) is 47.5 Å². The van der Waals surface area contributed by atoms with Crippen LogP contribution in [-0.4, -0.2) is 30.5 Å². The molecule has 1 atom stereocenters. The average molecular weight is 380 g/mol. The van der Waals surface area contributed by atoms with Crippen LogP contribution in [0.4, 0.5) is 4.39 Å². The smallest absolute Gasteiger partial charge is 0.268 e. The van der Waals surface area contributed by atoms with E-state index in [1.807, 2.05) is 0 Å². The second-order valence-electron chi connectivity index (χ2n) is 6.03. The highest BCUT2D eigenvalue weighted by Crippen LogP contribution is 2.33. The summed E-state index contributed by atoms with van der Waals surface area (Å²) in [5.41, 5.74) is 1.85. The topological polar surface area (TPSA) is 64.0 Å². The van der Waals surface area contributed by atoms with Crippen LogP contribution in [0.2, 0.25) is 5.15 Å². The van der Waals surface area contributed by atoms with Crippen molar-refractivity contribution < 1.29 is 12.8 Å². The molecule has 5 nitrogen and oxygen atoms in total. The Balaban J connectivity index is 1.95. The Morgan fingerprint density at radius 2 is 2.12 bits per heavy atom. The van der Waals surface area contributed by atoms with E-state index in [-0.39, 0.29) is 10.8 Å². The minimum atomic E-state index is -3.94.